The number of hydrogen-bond acceptors (Lipinski definition) is 2. The molecule has 0 aromatic heterocycles. The molecular weight excluding hydrogens is 174 g/mol. The number of rotatable bonds is 5. The number of hydrogen-bond donors (Lipinski definition) is 2. The van der Waals surface area contributed by atoms with Crippen molar-refractivity contribution in [3.05, 3.63) is 0 Å². The molecule has 0 saturated heterocycles. The second-order valence-electron chi connectivity index (χ2n) is 4.68. The van der Waals surface area contributed by atoms with Crippen molar-refractivity contribution in [3.63, 3.8) is 0 Å². The standard InChI is InChI=1S/C12H25NO/c1-3-10(2)12(9-14)13-11-7-5-4-6-8-11/h10-14H,3-9H2,1-2H3. The van der Waals surface area contributed by atoms with Crippen LogP contribution >= 0.6 is 0 Å². The topological polar surface area (TPSA) is 32.3 Å². The van der Waals surface area contributed by atoms with E-state index < -0.39 is 0 Å². The van der Waals surface area contributed by atoms with Crippen molar-refractivity contribution >= 4 is 0 Å². The first kappa shape index (κ1) is 12.0. The summed E-state index contributed by atoms with van der Waals surface area (Å²) in [5.74, 6) is 0.585. The van der Waals surface area contributed by atoms with E-state index in [0.717, 1.165) is 6.42 Å². The summed E-state index contributed by atoms with van der Waals surface area (Å²) in [7, 11) is 0. The van der Waals surface area contributed by atoms with Crippen molar-refractivity contribution in [2.45, 2.75) is 64.5 Å². The molecule has 2 nitrogen and oxygen atoms in total. The molecule has 2 atom stereocenters. The van der Waals surface area contributed by atoms with Crippen LogP contribution in [0.5, 0.6) is 0 Å². The first-order valence-corrected chi connectivity index (χ1v) is 6.14. The average molecular weight is 199 g/mol. The Balaban J connectivity index is 2.30. The third-order valence-electron chi connectivity index (χ3n) is 3.58. The molecule has 2 heteroatoms. The van der Waals surface area contributed by atoms with E-state index in [4.69, 9.17) is 0 Å². The first-order chi connectivity index (χ1) is 6.77. The van der Waals surface area contributed by atoms with E-state index in [1.54, 1.807) is 0 Å². The van der Waals surface area contributed by atoms with Gasteiger partial charge in [-0.3, -0.25) is 0 Å². The van der Waals surface area contributed by atoms with Gasteiger partial charge in [-0.15, -0.1) is 0 Å². The predicted octanol–water partition coefficient (Wildman–Crippen LogP) is 2.32. The van der Waals surface area contributed by atoms with E-state index in [-0.39, 0.29) is 6.61 Å². The molecule has 2 N–H and O–H groups in total. The largest absolute Gasteiger partial charge is 0.395 e. The van der Waals surface area contributed by atoms with E-state index in [2.05, 4.69) is 19.2 Å². The molecule has 0 amide bonds. The average Bonchev–Trinajstić information content (AvgIpc) is 2.26. The highest BCUT2D eigenvalue weighted by Gasteiger charge is 2.20. The fourth-order valence-electron chi connectivity index (χ4n) is 2.25. The molecular formula is C12H25NO. The predicted molar refractivity (Wildman–Crippen MR) is 60.3 cm³/mol. The van der Waals surface area contributed by atoms with E-state index >= 15 is 0 Å². The molecule has 0 spiro atoms. The molecule has 0 aromatic carbocycles. The van der Waals surface area contributed by atoms with Gasteiger partial charge >= 0.3 is 0 Å². The van der Waals surface area contributed by atoms with Crippen LogP contribution in [0.1, 0.15) is 52.4 Å². The lowest BCUT2D eigenvalue weighted by Gasteiger charge is -2.30. The number of aliphatic hydroxyl groups excluding tert-OH is 1. The van der Waals surface area contributed by atoms with Crippen LogP contribution < -0.4 is 5.32 Å². The smallest absolute Gasteiger partial charge is 0.0587 e. The lowest BCUT2D eigenvalue weighted by Crippen LogP contribution is -2.45. The third kappa shape index (κ3) is 3.58. The van der Waals surface area contributed by atoms with Crippen molar-refractivity contribution in [2.24, 2.45) is 5.92 Å². The highest BCUT2D eigenvalue weighted by atomic mass is 16.3. The van der Waals surface area contributed by atoms with Crippen LogP contribution in [-0.4, -0.2) is 23.8 Å². The lowest BCUT2D eigenvalue weighted by atomic mass is 9.92. The normalized spacial score (nSPS) is 23.4. The molecule has 1 fully saturated rings. The molecule has 0 radical (unpaired) electrons. The zero-order valence-electron chi connectivity index (χ0n) is 9.63. The van der Waals surface area contributed by atoms with Crippen LogP contribution in [0.2, 0.25) is 0 Å². The molecule has 0 bridgehead atoms. The van der Waals surface area contributed by atoms with Crippen LogP contribution in [0, 0.1) is 5.92 Å². The van der Waals surface area contributed by atoms with Crippen molar-refractivity contribution in [2.75, 3.05) is 6.61 Å². The van der Waals surface area contributed by atoms with Crippen LogP contribution in [0.3, 0.4) is 0 Å². The zero-order valence-corrected chi connectivity index (χ0v) is 9.63. The molecule has 2 unspecified atom stereocenters. The Kier molecular flexibility index (Phi) is 5.49. The fourth-order valence-corrected chi connectivity index (χ4v) is 2.25. The maximum atomic E-state index is 9.30. The second kappa shape index (κ2) is 6.41. The minimum absolute atomic E-state index is 0.283. The van der Waals surface area contributed by atoms with Crippen LogP contribution in [0.25, 0.3) is 0 Å². The molecule has 1 rings (SSSR count). The molecule has 0 aliphatic heterocycles. The highest BCUT2D eigenvalue weighted by Crippen LogP contribution is 2.19. The Hall–Kier alpha value is -0.0800. The maximum Gasteiger partial charge on any atom is 0.0587 e. The van der Waals surface area contributed by atoms with Gasteiger partial charge in [-0.2, -0.15) is 0 Å². The van der Waals surface area contributed by atoms with Crippen LogP contribution in [0.15, 0.2) is 0 Å². The molecule has 1 aliphatic rings. The Morgan fingerprint density at radius 2 is 1.93 bits per heavy atom. The summed E-state index contributed by atoms with van der Waals surface area (Å²) in [6.07, 6.45) is 7.85. The van der Waals surface area contributed by atoms with Crippen LogP contribution in [-0.2, 0) is 0 Å². The van der Waals surface area contributed by atoms with E-state index in [1.165, 1.54) is 32.1 Å². The Morgan fingerprint density at radius 1 is 1.29 bits per heavy atom. The van der Waals surface area contributed by atoms with E-state index in [1.807, 2.05) is 0 Å². The Morgan fingerprint density at radius 3 is 2.43 bits per heavy atom. The molecule has 14 heavy (non-hydrogen) atoms. The van der Waals surface area contributed by atoms with Gasteiger partial charge in [0, 0.05) is 12.1 Å². The Labute approximate surface area is 88.1 Å². The molecule has 0 aromatic rings. The molecule has 1 aliphatic carbocycles. The summed E-state index contributed by atoms with van der Waals surface area (Å²) in [5, 5.41) is 12.9. The quantitative estimate of drug-likeness (QED) is 0.712. The minimum Gasteiger partial charge on any atom is -0.395 e. The minimum atomic E-state index is 0.283. The van der Waals surface area contributed by atoms with Gasteiger partial charge in [-0.25, -0.2) is 0 Å². The summed E-state index contributed by atoms with van der Waals surface area (Å²) in [6, 6.07) is 0.970. The second-order valence-corrected chi connectivity index (χ2v) is 4.68. The Bertz CT molecular complexity index is 143. The van der Waals surface area contributed by atoms with E-state index in [9.17, 15) is 5.11 Å². The summed E-state index contributed by atoms with van der Waals surface area (Å²) < 4.78 is 0. The van der Waals surface area contributed by atoms with Gasteiger partial charge in [0.15, 0.2) is 0 Å². The highest BCUT2D eigenvalue weighted by molar-refractivity contribution is 4.79. The summed E-state index contributed by atoms with van der Waals surface area (Å²) in [4.78, 5) is 0. The SMILES string of the molecule is CCC(C)C(CO)NC1CCCCC1. The fraction of sp³-hybridized carbons (Fsp3) is 1.00. The van der Waals surface area contributed by atoms with Crippen molar-refractivity contribution in [1.82, 2.24) is 5.32 Å². The van der Waals surface area contributed by atoms with Crippen molar-refractivity contribution in [1.29, 1.82) is 0 Å². The lowest BCUT2D eigenvalue weighted by molar-refractivity contribution is 0.180. The zero-order chi connectivity index (χ0) is 10.4. The van der Waals surface area contributed by atoms with Gasteiger partial charge in [0.05, 0.1) is 6.61 Å². The number of nitrogens with one attached hydrogen (secondary N) is 1. The first-order valence-electron chi connectivity index (χ1n) is 6.14. The van der Waals surface area contributed by atoms with Gasteiger partial charge in [-0.05, 0) is 18.8 Å². The van der Waals surface area contributed by atoms with Crippen LogP contribution in [0.4, 0.5) is 0 Å². The number of aliphatic hydroxyl groups is 1. The third-order valence-corrected chi connectivity index (χ3v) is 3.58. The van der Waals surface area contributed by atoms with Gasteiger partial charge in [-0.1, -0.05) is 39.5 Å². The summed E-state index contributed by atoms with van der Waals surface area (Å²) in [5.41, 5.74) is 0. The monoisotopic (exact) mass is 199 g/mol. The van der Waals surface area contributed by atoms with Gasteiger partial charge < -0.3 is 10.4 Å². The van der Waals surface area contributed by atoms with Gasteiger partial charge in [0.25, 0.3) is 0 Å². The molecule has 1 saturated carbocycles. The van der Waals surface area contributed by atoms with Crippen molar-refractivity contribution < 1.29 is 5.11 Å². The van der Waals surface area contributed by atoms with Gasteiger partial charge in [0.1, 0.15) is 0 Å². The summed E-state index contributed by atoms with van der Waals surface area (Å²) >= 11 is 0. The van der Waals surface area contributed by atoms with E-state index in [0.29, 0.717) is 18.0 Å². The maximum absolute atomic E-state index is 9.30. The van der Waals surface area contributed by atoms with Gasteiger partial charge in [0.2, 0.25) is 0 Å². The molecule has 84 valence electrons. The molecule has 0 heterocycles. The van der Waals surface area contributed by atoms with Crippen molar-refractivity contribution in [3.8, 4) is 0 Å². The summed E-state index contributed by atoms with van der Waals surface area (Å²) in [6.45, 7) is 4.69.